The molecule has 4 N–H and O–H groups in total. The van der Waals surface area contributed by atoms with Gasteiger partial charge in [-0.1, -0.05) is 64.7 Å². The molecule has 0 spiro atoms. The summed E-state index contributed by atoms with van der Waals surface area (Å²) in [6.45, 7) is 6.12. The van der Waals surface area contributed by atoms with E-state index in [1.54, 1.807) is 0 Å². The van der Waals surface area contributed by atoms with Gasteiger partial charge >= 0.3 is 27.9 Å². The van der Waals surface area contributed by atoms with Crippen molar-refractivity contribution >= 4 is 9.05 Å². The molecule has 0 aromatic carbocycles. The van der Waals surface area contributed by atoms with Gasteiger partial charge < -0.3 is 26.1 Å². The second kappa shape index (κ2) is 17.7. The SMILES string of the molecule is O[Si](O)(O)O.[CH2-]CCCCCCCCCCC.[Li+]. The van der Waals surface area contributed by atoms with Crippen LogP contribution in [-0.4, -0.2) is 28.2 Å². The maximum Gasteiger partial charge on any atom is 1.00 e. The van der Waals surface area contributed by atoms with Gasteiger partial charge in [-0.2, -0.15) is 6.42 Å². The van der Waals surface area contributed by atoms with Crippen molar-refractivity contribution in [3.05, 3.63) is 6.92 Å². The van der Waals surface area contributed by atoms with E-state index in [0.29, 0.717) is 0 Å². The zero-order valence-electron chi connectivity index (χ0n) is 12.1. The molecule has 0 unspecified atom stereocenters. The first kappa shape index (κ1) is 23.7. The Kier molecular flexibility index (Phi) is 23.3. The Balaban J connectivity index is -0.000000321. The third-order valence-electron chi connectivity index (χ3n) is 2.35. The molecule has 0 fully saturated rings. The van der Waals surface area contributed by atoms with E-state index in [2.05, 4.69) is 13.8 Å². The van der Waals surface area contributed by atoms with Gasteiger partial charge in [0, 0.05) is 0 Å². The predicted octanol–water partition coefficient (Wildman–Crippen LogP) is -0.863. The average Bonchev–Trinajstić information content (AvgIpc) is 2.20. The second-order valence-electron chi connectivity index (χ2n) is 4.28. The van der Waals surface area contributed by atoms with Crippen molar-refractivity contribution in [1.29, 1.82) is 0 Å². The van der Waals surface area contributed by atoms with Crippen LogP contribution in [0.5, 0.6) is 0 Å². The molecule has 4 nitrogen and oxygen atoms in total. The Labute approximate surface area is 125 Å². The zero-order valence-corrected chi connectivity index (χ0v) is 13.1. The summed E-state index contributed by atoms with van der Waals surface area (Å²) < 4.78 is 0. The first-order chi connectivity index (χ1) is 7.91. The normalized spacial score (nSPS) is 10.3. The molecule has 0 aliphatic heterocycles. The van der Waals surface area contributed by atoms with Crippen LogP contribution in [0.3, 0.4) is 0 Å². The third kappa shape index (κ3) is 43.8. The molecule has 0 bridgehead atoms. The molecular formula is C12H29LiO4Si. The van der Waals surface area contributed by atoms with E-state index >= 15 is 0 Å². The minimum Gasteiger partial charge on any atom is -0.368 e. The summed E-state index contributed by atoms with van der Waals surface area (Å²) in [5.74, 6) is 0. The molecule has 0 aliphatic rings. The average molecular weight is 272 g/mol. The van der Waals surface area contributed by atoms with E-state index in [1.807, 2.05) is 0 Å². The summed E-state index contributed by atoms with van der Waals surface area (Å²) >= 11 is 0. The molecule has 0 saturated heterocycles. The summed E-state index contributed by atoms with van der Waals surface area (Å²) in [5, 5.41) is 0. The number of rotatable bonds is 9. The molecule has 0 aliphatic carbocycles. The van der Waals surface area contributed by atoms with Crippen LogP contribution < -0.4 is 18.9 Å². The van der Waals surface area contributed by atoms with Crippen LogP contribution in [-0.2, 0) is 0 Å². The van der Waals surface area contributed by atoms with Gasteiger partial charge in [0.05, 0.1) is 0 Å². The molecule has 106 valence electrons. The maximum absolute atomic E-state index is 7.33. The van der Waals surface area contributed by atoms with Crippen molar-refractivity contribution in [2.75, 3.05) is 0 Å². The molecule has 0 rings (SSSR count). The van der Waals surface area contributed by atoms with E-state index < -0.39 is 9.05 Å². The van der Waals surface area contributed by atoms with E-state index in [-0.39, 0.29) is 18.9 Å². The van der Waals surface area contributed by atoms with Gasteiger partial charge in [-0.25, -0.2) is 0 Å². The molecule has 6 heteroatoms. The van der Waals surface area contributed by atoms with E-state index in [1.165, 1.54) is 57.8 Å². The molecular weight excluding hydrogens is 243 g/mol. The minimum atomic E-state index is -4.61. The smallest absolute Gasteiger partial charge is 0.368 e. The summed E-state index contributed by atoms with van der Waals surface area (Å²) in [7, 11) is -4.61. The molecule has 0 aromatic heterocycles. The fourth-order valence-corrected chi connectivity index (χ4v) is 1.49. The number of hydrogen-bond acceptors (Lipinski definition) is 4. The van der Waals surface area contributed by atoms with Crippen molar-refractivity contribution in [2.45, 2.75) is 71.1 Å². The van der Waals surface area contributed by atoms with Crippen LogP contribution in [0.15, 0.2) is 0 Å². The molecule has 0 amide bonds. The largest absolute Gasteiger partial charge is 1.00 e. The number of unbranched alkanes of at least 4 members (excludes halogenated alkanes) is 9. The summed E-state index contributed by atoms with van der Waals surface area (Å²) in [6, 6.07) is 0. The Morgan fingerprint density at radius 2 is 1.00 bits per heavy atom. The van der Waals surface area contributed by atoms with Gasteiger partial charge in [0.25, 0.3) is 0 Å². The summed E-state index contributed by atoms with van der Waals surface area (Å²) in [5.41, 5.74) is 0. The topological polar surface area (TPSA) is 80.9 Å². The van der Waals surface area contributed by atoms with Crippen LogP contribution in [0.2, 0.25) is 0 Å². The van der Waals surface area contributed by atoms with Crippen LogP contribution in [0.4, 0.5) is 0 Å². The van der Waals surface area contributed by atoms with Crippen LogP contribution in [0.1, 0.15) is 71.1 Å². The molecule has 0 saturated carbocycles. The molecule has 0 aromatic rings. The monoisotopic (exact) mass is 272 g/mol. The standard InChI is InChI=1S/C12H25.Li.H4O4Si/c1-3-5-7-9-11-12-10-8-6-4-2;;1-5(2,3)4/h1,3-12H2,2H3;;1-4H/q-1;+1;. The van der Waals surface area contributed by atoms with Crippen LogP contribution in [0, 0.1) is 6.92 Å². The zero-order chi connectivity index (χ0) is 13.6. The van der Waals surface area contributed by atoms with Gasteiger partial charge in [0.1, 0.15) is 0 Å². The Morgan fingerprint density at radius 1 is 0.722 bits per heavy atom. The molecule has 0 atom stereocenters. The van der Waals surface area contributed by atoms with Gasteiger partial charge in [-0.3, -0.25) is 0 Å². The molecule has 0 radical (unpaired) electrons. The van der Waals surface area contributed by atoms with Crippen molar-refractivity contribution in [3.63, 3.8) is 0 Å². The molecule has 18 heavy (non-hydrogen) atoms. The van der Waals surface area contributed by atoms with Gasteiger partial charge in [-0.15, -0.1) is 0 Å². The van der Waals surface area contributed by atoms with Crippen molar-refractivity contribution in [1.82, 2.24) is 0 Å². The Morgan fingerprint density at radius 3 is 1.28 bits per heavy atom. The van der Waals surface area contributed by atoms with E-state index in [0.717, 1.165) is 6.42 Å². The van der Waals surface area contributed by atoms with Crippen molar-refractivity contribution in [2.24, 2.45) is 0 Å². The van der Waals surface area contributed by atoms with Gasteiger partial charge in [-0.05, 0) is 0 Å². The van der Waals surface area contributed by atoms with Gasteiger partial charge in [0.15, 0.2) is 0 Å². The molecule has 0 heterocycles. The maximum atomic E-state index is 7.33. The van der Waals surface area contributed by atoms with Crippen LogP contribution in [0.25, 0.3) is 0 Å². The van der Waals surface area contributed by atoms with Crippen LogP contribution >= 0.6 is 0 Å². The third-order valence-corrected chi connectivity index (χ3v) is 2.35. The second-order valence-corrected chi connectivity index (χ2v) is 5.48. The minimum absolute atomic E-state index is 0. The first-order valence-corrected chi connectivity index (χ1v) is 8.39. The van der Waals surface area contributed by atoms with Gasteiger partial charge in [0.2, 0.25) is 0 Å². The quantitative estimate of drug-likeness (QED) is 0.250. The first-order valence-electron chi connectivity index (χ1n) is 6.60. The summed E-state index contributed by atoms with van der Waals surface area (Å²) in [4.78, 5) is 29.3. The predicted molar refractivity (Wildman–Crippen MR) is 71.8 cm³/mol. The Bertz CT molecular complexity index is 127. The van der Waals surface area contributed by atoms with Crippen molar-refractivity contribution < 1.29 is 38.0 Å². The number of hydrogen-bond donors (Lipinski definition) is 4. The Hall–Kier alpha value is 0.654. The fraction of sp³-hybridized carbons (Fsp3) is 0.917. The summed E-state index contributed by atoms with van der Waals surface area (Å²) in [6.07, 6.45) is 13.9. The van der Waals surface area contributed by atoms with E-state index in [9.17, 15) is 0 Å². The van der Waals surface area contributed by atoms with E-state index in [4.69, 9.17) is 19.2 Å². The van der Waals surface area contributed by atoms with Crippen molar-refractivity contribution in [3.8, 4) is 0 Å². The fourth-order valence-electron chi connectivity index (χ4n) is 1.49.